The number of rotatable bonds is 8. The molecule has 0 aliphatic rings. The van der Waals surface area contributed by atoms with Crippen molar-refractivity contribution in [1.29, 1.82) is 0 Å². The summed E-state index contributed by atoms with van der Waals surface area (Å²) in [7, 11) is 0. The Labute approximate surface area is 605 Å². The number of hydrogen-bond acceptors (Lipinski definition) is 6. The lowest BCUT2D eigenvalue weighted by atomic mass is 9.99. The summed E-state index contributed by atoms with van der Waals surface area (Å²) >= 11 is 3.79. The molecule has 0 aliphatic carbocycles. The molecule has 0 spiro atoms. The van der Waals surface area contributed by atoms with Crippen molar-refractivity contribution < 1.29 is 0 Å². The summed E-state index contributed by atoms with van der Waals surface area (Å²) in [6, 6.07) is 126. The average molecular weight is 1360 g/mol. The van der Waals surface area contributed by atoms with Gasteiger partial charge in [0.25, 0.3) is 0 Å². The third kappa shape index (κ3) is 9.61. The number of hydrogen-bond donors (Lipinski definition) is 0. The van der Waals surface area contributed by atoms with Crippen LogP contribution in [0.15, 0.2) is 352 Å². The largest absolute Gasteiger partial charge is 0.309 e. The zero-order valence-corrected chi connectivity index (χ0v) is 57.6. The Kier molecular flexibility index (Phi) is 13.9. The smallest absolute Gasteiger partial charge is 0.160 e. The molecule has 0 unspecified atom stereocenters. The predicted molar refractivity (Wildman–Crippen MR) is 441 cm³/mol. The number of para-hydroxylation sites is 4. The standard InChI is InChI=1S/2C48H29N3S/c1-2-14-30(15-3-1)31-16-12-17-32(28-31)45-37-22-6-9-25-40(37)49-48(50-45)33-18-13-19-34(29-33)51-41-26-10-7-23-38(41)43-44-39-24-8-11-27-42(39)52-47(44)36-21-5-4-20-35(36)46(43)51;1-2-13-30(14-3-1)31-25-27-32(28-26-31)45-37-19-6-9-22-40(37)49-48(50-45)33-15-12-16-34(29-33)51-41-23-10-7-20-38(41)43-44-39-21-8-11-24-42(39)52-47(44)36-18-5-4-17-35(36)46(43)51/h2*1-29H. The van der Waals surface area contributed by atoms with Gasteiger partial charge in [0.1, 0.15) is 0 Å². The van der Waals surface area contributed by atoms with Crippen molar-refractivity contribution in [2.24, 2.45) is 0 Å². The highest BCUT2D eigenvalue weighted by atomic mass is 32.1. The molecule has 0 saturated carbocycles. The van der Waals surface area contributed by atoms with Crippen LogP contribution in [0.4, 0.5) is 0 Å². The summed E-state index contributed by atoms with van der Waals surface area (Å²) in [5.41, 5.74) is 19.5. The Morgan fingerprint density at radius 3 is 1.06 bits per heavy atom. The van der Waals surface area contributed by atoms with E-state index in [-0.39, 0.29) is 0 Å². The number of nitrogens with zero attached hydrogens (tertiary/aromatic N) is 6. The first-order valence-electron chi connectivity index (χ1n) is 35.2. The van der Waals surface area contributed by atoms with Crippen LogP contribution >= 0.6 is 22.7 Å². The third-order valence-electron chi connectivity index (χ3n) is 20.7. The maximum absolute atomic E-state index is 5.32. The van der Waals surface area contributed by atoms with Gasteiger partial charge in [-0.15, -0.1) is 22.7 Å². The van der Waals surface area contributed by atoms with Crippen LogP contribution in [0.2, 0.25) is 0 Å². The van der Waals surface area contributed by atoms with Gasteiger partial charge in [-0.2, -0.15) is 0 Å². The average Bonchev–Trinajstić information content (AvgIpc) is 1.56. The van der Waals surface area contributed by atoms with Gasteiger partial charge in [-0.25, -0.2) is 19.9 Å². The third-order valence-corrected chi connectivity index (χ3v) is 23.1. The molecule has 0 aliphatic heterocycles. The molecule has 104 heavy (non-hydrogen) atoms. The van der Waals surface area contributed by atoms with E-state index in [1.54, 1.807) is 0 Å². The minimum absolute atomic E-state index is 0.706. The van der Waals surface area contributed by atoms with E-state index in [1.807, 2.05) is 22.7 Å². The molecular weight excluding hydrogens is 1300 g/mol. The summed E-state index contributed by atoms with van der Waals surface area (Å²) in [4.78, 5) is 20.9. The van der Waals surface area contributed by atoms with Crippen LogP contribution in [-0.4, -0.2) is 29.1 Å². The molecule has 0 saturated heterocycles. The molecule has 16 aromatic carbocycles. The highest BCUT2D eigenvalue weighted by Gasteiger charge is 2.25. The Morgan fingerprint density at radius 1 is 0.212 bits per heavy atom. The fourth-order valence-electron chi connectivity index (χ4n) is 16.1. The highest BCUT2D eigenvalue weighted by molar-refractivity contribution is 7.27. The molecule has 8 heteroatoms. The van der Waals surface area contributed by atoms with Gasteiger partial charge in [-0.3, -0.25) is 0 Å². The molecule has 0 amide bonds. The van der Waals surface area contributed by atoms with Crippen LogP contribution in [-0.2, 0) is 0 Å². The summed E-state index contributed by atoms with van der Waals surface area (Å²) in [6.07, 6.45) is 0. The van der Waals surface area contributed by atoms with E-state index in [4.69, 9.17) is 19.9 Å². The molecule has 22 rings (SSSR count). The van der Waals surface area contributed by atoms with Crippen molar-refractivity contribution in [2.75, 3.05) is 0 Å². The molecule has 6 aromatic heterocycles. The first kappa shape index (κ1) is 59.6. The number of benzene rings is 16. The molecule has 0 atom stereocenters. The lowest BCUT2D eigenvalue weighted by Crippen LogP contribution is -1.98. The summed E-state index contributed by atoms with van der Waals surface area (Å²) in [5, 5.41) is 17.5. The molecule has 22 aromatic rings. The monoisotopic (exact) mass is 1360 g/mol. The zero-order chi connectivity index (χ0) is 68.3. The van der Waals surface area contributed by atoms with Crippen molar-refractivity contribution in [3.8, 4) is 78.9 Å². The minimum atomic E-state index is 0.706. The lowest BCUT2D eigenvalue weighted by Gasteiger charge is -2.13. The second kappa shape index (κ2) is 24.3. The van der Waals surface area contributed by atoms with E-state index >= 15 is 0 Å². The Hall–Kier alpha value is -13.2. The lowest BCUT2D eigenvalue weighted by molar-refractivity contribution is 1.17. The van der Waals surface area contributed by atoms with Gasteiger partial charge in [0.15, 0.2) is 11.6 Å². The SMILES string of the molecule is c1ccc(-c2ccc(-c3nc(-c4cccc(-n5c6ccccc6c6c7c8ccccc8sc7c7ccccc7c65)c4)nc4ccccc34)cc2)cc1.c1ccc(-c2cccc(-c3nc(-c4cccc(-n5c6ccccc6c6c7c8ccccc8sc7c7ccccc7c65)c4)nc4ccccc34)c2)cc1. The number of aromatic nitrogens is 6. The van der Waals surface area contributed by atoms with Gasteiger partial charge in [0.2, 0.25) is 0 Å². The van der Waals surface area contributed by atoms with Gasteiger partial charge in [-0.05, 0) is 89.0 Å². The first-order chi connectivity index (χ1) is 51.6. The van der Waals surface area contributed by atoms with Crippen LogP contribution < -0.4 is 0 Å². The van der Waals surface area contributed by atoms with Crippen LogP contribution in [0, 0.1) is 0 Å². The maximum atomic E-state index is 5.32. The Morgan fingerprint density at radius 2 is 0.558 bits per heavy atom. The van der Waals surface area contributed by atoms with E-state index < -0.39 is 0 Å². The van der Waals surface area contributed by atoms with Gasteiger partial charge in [0, 0.05) is 128 Å². The fourth-order valence-corrected chi connectivity index (χ4v) is 18.6. The summed E-state index contributed by atoms with van der Waals surface area (Å²) in [5.74, 6) is 1.41. The van der Waals surface area contributed by atoms with Gasteiger partial charge in [0.05, 0.1) is 44.5 Å². The molecule has 0 bridgehead atoms. The van der Waals surface area contributed by atoms with Crippen LogP contribution in [0.5, 0.6) is 0 Å². The highest BCUT2D eigenvalue weighted by Crippen LogP contribution is 2.51. The van der Waals surface area contributed by atoms with E-state index in [1.165, 1.54) is 122 Å². The van der Waals surface area contributed by atoms with E-state index in [2.05, 4.69) is 361 Å². The maximum Gasteiger partial charge on any atom is 0.160 e. The van der Waals surface area contributed by atoms with E-state index in [0.29, 0.717) is 11.6 Å². The second-order valence-electron chi connectivity index (χ2n) is 26.7. The van der Waals surface area contributed by atoms with Crippen molar-refractivity contribution in [2.45, 2.75) is 0 Å². The summed E-state index contributed by atoms with van der Waals surface area (Å²) < 4.78 is 10.2. The minimum Gasteiger partial charge on any atom is -0.309 e. The molecule has 484 valence electrons. The molecule has 0 N–H and O–H groups in total. The molecule has 0 fully saturated rings. The van der Waals surface area contributed by atoms with Gasteiger partial charge in [-0.1, -0.05) is 285 Å². The van der Waals surface area contributed by atoms with Crippen LogP contribution in [0.3, 0.4) is 0 Å². The number of thiophene rings is 2. The quantitative estimate of drug-likeness (QED) is 0.152. The van der Waals surface area contributed by atoms with Gasteiger partial charge >= 0.3 is 0 Å². The molecule has 6 heterocycles. The second-order valence-corrected chi connectivity index (χ2v) is 28.8. The Bertz CT molecular complexity index is 7230. The first-order valence-corrected chi connectivity index (χ1v) is 36.8. The van der Waals surface area contributed by atoms with Crippen LogP contribution in [0.1, 0.15) is 0 Å². The van der Waals surface area contributed by atoms with Crippen molar-refractivity contribution in [3.63, 3.8) is 0 Å². The molecule has 0 radical (unpaired) electrons. The van der Waals surface area contributed by atoms with E-state index in [0.717, 1.165) is 72.4 Å². The predicted octanol–water partition coefficient (Wildman–Crippen LogP) is 26.5. The molecule has 6 nitrogen and oxygen atoms in total. The number of fused-ring (bicyclic) bond motifs is 22. The van der Waals surface area contributed by atoms with Gasteiger partial charge < -0.3 is 9.13 Å². The van der Waals surface area contributed by atoms with E-state index in [9.17, 15) is 0 Å². The topological polar surface area (TPSA) is 61.4 Å². The molecular formula is C96H58N6S2. The van der Waals surface area contributed by atoms with Crippen LogP contribution in [0.25, 0.3) is 206 Å². The van der Waals surface area contributed by atoms with Crippen molar-refractivity contribution in [3.05, 3.63) is 352 Å². The Balaban J connectivity index is 0.000000134. The fraction of sp³-hybridized carbons (Fsp3) is 0. The van der Waals surface area contributed by atoms with Crippen molar-refractivity contribution in [1.82, 2.24) is 29.1 Å². The van der Waals surface area contributed by atoms with Crippen molar-refractivity contribution >= 4 is 150 Å². The zero-order valence-electron chi connectivity index (χ0n) is 56.0. The normalized spacial score (nSPS) is 11.8. The summed E-state index contributed by atoms with van der Waals surface area (Å²) in [6.45, 7) is 0.